The van der Waals surface area contributed by atoms with Gasteiger partial charge in [0.1, 0.15) is 0 Å². The van der Waals surface area contributed by atoms with Gasteiger partial charge in [0, 0.05) is 0 Å². The van der Waals surface area contributed by atoms with Crippen molar-refractivity contribution in [2.75, 3.05) is 0 Å². The zero-order valence-corrected chi connectivity index (χ0v) is 7.59. The van der Waals surface area contributed by atoms with Crippen LogP contribution in [0, 0.1) is 0 Å². The summed E-state index contributed by atoms with van der Waals surface area (Å²) in [4.78, 5) is 0. The van der Waals surface area contributed by atoms with Gasteiger partial charge in [0.05, 0.1) is 0 Å². The van der Waals surface area contributed by atoms with Crippen molar-refractivity contribution in [2.24, 2.45) is 0 Å². The van der Waals surface area contributed by atoms with Crippen LogP contribution in [0.5, 0.6) is 0 Å². The van der Waals surface area contributed by atoms with Gasteiger partial charge in [-0.25, -0.2) is 0 Å². The Morgan fingerprint density at radius 2 is 0.400 bits per heavy atom. The monoisotopic (exact) mass is 190 g/mol. The van der Waals surface area contributed by atoms with E-state index in [4.69, 9.17) is 0 Å². The quantitative estimate of drug-likeness (QED) is 0.344. The Kier molecular flexibility index (Phi) is 95900. The molecule has 64 valence electrons. The molecular formula is H11AlMgO8. The Hall–Kier alpha value is 0.979. The molecular weight excluding hydrogens is 179 g/mol. The van der Waals surface area contributed by atoms with Crippen molar-refractivity contribution in [3.8, 4) is 0 Å². The SMILES string of the molecule is O.O.O.[Al+3].[Mg+2].[OH-].[OH-].[OH-].[OH-].[OH-]. The van der Waals surface area contributed by atoms with Gasteiger partial charge >= 0.3 is 40.4 Å². The maximum atomic E-state index is 0. The molecule has 0 aliphatic heterocycles. The molecule has 0 aliphatic carbocycles. The summed E-state index contributed by atoms with van der Waals surface area (Å²) in [7, 11) is 0. The minimum Gasteiger partial charge on any atom is -0.870 e. The molecule has 0 spiro atoms. The summed E-state index contributed by atoms with van der Waals surface area (Å²) < 4.78 is 0. The third-order valence-corrected chi connectivity index (χ3v) is 0. The van der Waals surface area contributed by atoms with Gasteiger partial charge in [-0.15, -0.1) is 0 Å². The summed E-state index contributed by atoms with van der Waals surface area (Å²) in [6.07, 6.45) is 0. The summed E-state index contributed by atoms with van der Waals surface area (Å²) >= 11 is 0. The fraction of sp³-hybridized carbons (Fsp3) is 0. The van der Waals surface area contributed by atoms with Crippen LogP contribution in [-0.4, -0.2) is 84.2 Å². The van der Waals surface area contributed by atoms with Crippen molar-refractivity contribution < 1.29 is 43.8 Å². The molecule has 0 rings (SSSR count). The van der Waals surface area contributed by atoms with Crippen LogP contribution in [-0.2, 0) is 0 Å². The maximum Gasteiger partial charge on any atom is 3.00 e. The largest absolute Gasteiger partial charge is 3.00 e. The molecule has 8 nitrogen and oxygen atoms in total. The van der Waals surface area contributed by atoms with Crippen LogP contribution >= 0.6 is 0 Å². The molecule has 11 N–H and O–H groups in total. The minimum absolute atomic E-state index is 0. The molecule has 0 atom stereocenters. The van der Waals surface area contributed by atoms with Crippen molar-refractivity contribution in [1.82, 2.24) is 0 Å². The Morgan fingerprint density at radius 3 is 0.400 bits per heavy atom. The Morgan fingerprint density at radius 1 is 0.400 bits per heavy atom. The van der Waals surface area contributed by atoms with E-state index >= 15 is 0 Å². The molecule has 0 fully saturated rings. The van der Waals surface area contributed by atoms with Crippen molar-refractivity contribution in [3.63, 3.8) is 0 Å². The van der Waals surface area contributed by atoms with Crippen LogP contribution in [0.2, 0.25) is 0 Å². The van der Waals surface area contributed by atoms with Gasteiger partial charge in [0.2, 0.25) is 0 Å². The van der Waals surface area contributed by atoms with E-state index in [0.29, 0.717) is 0 Å². The zero-order chi connectivity index (χ0) is 0. The first-order valence-corrected chi connectivity index (χ1v) is 0. The first-order chi connectivity index (χ1) is 0. The molecule has 0 saturated heterocycles. The van der Waals surface area contributed by atoms with Crippen LogP contribution < -0.4 is 0 Å². The zero-order valence-electron chi connectivity index (χ0n) is 5.02. The molecule has 0 heterocycles. The van der Waals surface area contributed by atoms with E-state index < -0.39 is 0 Å². The van der Waals surface area contributed by atoms with Gasteiger partial charge in [-0.2, -0.15) is 0 Å². The minimum atomic E-state index is 0. The first-order valence-electron chi connectivity index (χ1n) is 0. The molecule has 0 aromatic heterocycles. The van der Waals surface area contributed by atoms with Crippen molar-refractivity contribution >= 4 is 40.4 Å². The number of hydrogen-bond acceptors (Lipinski definition) is 5. The van der Waals surface area contributed by atoms with E-state index in [1.54, 1.807) is 0 Å². The molecule has 0 amide bonds. The summed E-state index contributed by atoms with van der Waals surface area (Å²) in [6, 6.07) is 0. The number of hydrogen-bond donors (Lipinski definition) is 0. The second-order valence-electron chi connectivity index (χ2n) is 0. The average Bonchev–Trinajstić information content (AvgIpc) is 0. The van der Waals surface area contributed by atoms with Crippen molar-refractivity contribution in [1.29, 1.82) is 0 Å². The fourth-order valence-electron chi connectivity index (χ4n) is 0. The summed E-state index contributed by atoms with van der Waals surface area (Å²) in [5.74, 6) is 0. The van der Waals surface area contributed by atoms with E-state index in [9.17, 15) is 0 Å². The van der Waals surface area contributed by atoms with E-state index in [0.717, 1.165) is 0 Å². The van der Waals surface area contributed by atoms with Crippen LogP contribution in [0.15, 0.2) is 0 Å². The summed E-state index contributed by atoms with van der Waals surface area (Å²) in [5.41, 5.74) is 0. The van der Waals surface area contributed by atoms with Gasteiger partial charge in [0.25, 0.3) is 0 Å². The molecule has 0 saturated carbocycles. The van der Waals surface area contributed by atoms with Crippen LogP contribution in [0.4, 0.5) is 0 Å². The Balaban J connectivity index is 0. The van der Waals surface area contributed by atoms with Crippen LogP contribution in [0.3, 0.4) is 0 Å². The van der Waals surface area contributed by atoms with Gasteiger partial charge in [0.15, 0.2) is 0 Å². The second kappa shape index (κ2) is 840. The van der Waals surface area contributed by atoms with Crippen LogP contribution in [0.1, 0.15) is 0 Å². The van der Waals surface area contributed by atoms with E-state index in [1.807, 2.05) is 0 Å². The average molecular weight is 190 g/mol. The standard InChI is InChI=1S/Al.Mg.8H2O/h;;8*1H2/q+3;+2;;;;;;;;/p-5. The van der Waals surface area contributed by atoms with Gasteiger partial charge in [-0.05, 0) is 0 Å². The molecule has 0 aliphatic rings. The van der Waals surface area contributed by atoms with Gasteiger partial charge in [-0.3, -0.25) is 0 Å². The fourth-order valence-corrected chi connectivity index (χ4v) is 0. The second-order valence-corrected chi connectivity index (χ2v) is 0. The summed E-state index contributed by atoms with van der Waals surface area (Å²) in [5, 5.41) is 0. The van der Waals surface area contributed by atoms with E-state index in [1.165, 1.54) is 0 Å². The molecule has 10 heavy (non-hydrogen) atoms. The smallest absolute Gasteiger partial charge is 0.870 e. The van der Waals surface area contributed by atoms with Crippen molar-refractivity contribution in [3.05, 3.63) is 0 Å². The van der Waals surface area contributed by atoms with E-state index in [2.05, 4.69) is 0 Å². The maximum absolute atomic E-state index is 0. The molecule has 0 aromatic rings. The summed E-state index contributed by atoms with van der Waals surface area (Å²) in [6.45, 7) is 0. The molecule has 0 bridgehead atoms. The molecule has 0 aromatic carbocycles. The predicted molar refractivity (Wildman–Crippen MR) is 32.0 cm³/mol. The first kappa shape index (κ1) is 1140. The molecule has 0 radical (unpaired) electrons. The normalized spacial score (nSPS) is 0. The predicted octanol–water partition coefficient (Wildman–Crippen LogP) is -4.12. The number of rotatable bonds is 0. The third kappa shape index (κ3) is 597. The van der Waals surface area contributed by atoms with E-state index in [-0.39, 0.29) is 84.2 Å². The topological polar surface area (TPSA) is 244 Å². The Labute approximate surface area is 84.4 Å². The van der Waals surface area contributed by atoms with Gasteiger partial charge in [-0.1, -0.05) is 0 Å². The van der Waals surface area contributed by atoms with Crippen molar-refractivity contribution in [2.45, 2.75) is 0 Å². The van der Waals surface area contributed by atoms with Gasteiger partial charge < -0.3 is 43.8 Å². The molecule has 10 heteroatoms. The third-order valence-electron chi connectivity index (χ3n) is 0. The van der Waals surface area contributed by atoms with Crippen LogP contribution in [0.25, 0.3) is 0 Å². The molecule has 0 unspecified atom stereocenters. The Bertz CT molecular complexity index is 9.22.